The lowest BCUT2D eigenvalue weighted by atomic mass is 10.0. The van der Waals surface area contributed by atoms with Crippen LogP contribution in [0.1, 0.15) is 51.5 Å². The van der Waals surface area contributed by atoms with E-state index in [-0.39, 0.29) is 6.04 Å². The fraction of sp³-hybridized carbons (Fsp3) is 0.647. The Morgan fingerprint density at radius 3 is 2.60 bits per heavy atom. The first-order valence-electron chi connectivity index (χ1n) is 7.76. The monoisotopic (exact) mass is 279 g/mol. The molecule has 0 aliphatic rings. The lowest BCUT2D eigenvalue weighted by Crippen LogP contribution is -2.21. The van der Waals surface area contributed by atoms with E-state index in [0.29, 0.717) is 0 Å². The molecule has 0 spiro atoms. The molecule has 114 valence electrons. The lowest BCUT2D eigenvalue weighted by molar-refractivity contribution is 0.299. The van der Waals surface area contributed by atoms with E-state index >= 15 is 0 Å². The molecule has 0 bridgehead atoms. The van der Waals surface area contributed by atoms with Crippen molar-refractivity contribution in [2.24, 2.45) is 5.73 Å². The first-order valence-corrected chi connectivity index (χ1v) is 7.76. The summed E-state index contributed by atoms with van der Waals surface area (Å²) in [6.45, 7) is 5.09. The van der Waals surface area contributed by atoms with Gasteiger partial charge >= 0.3 is 0 Å². The van der Waals surface area contributed by atoms with Gasteiger partial charge < -0.3 is 15.2 Å². The second kappa shape index (κ2) is 9.65. The molecule has 0 aromatic heterocycles. The van der Waals surface area contributed by atoms with Gasteiger partial charge in [0.2, 0.25) is 0 Å². The summed E-state index contributed by atoms with van der Waals surface area (Å²) in [5.74, 6) is 1.76. The molecular weight excluding hydrogens is 250 g/mol. The van der Waals surface area contributed by atoms with Crippen LogP contribution in [0.3, 0.4) is 0 Å². The highest BCUT2D eigenvalue weighted by molar-refractivity contribution is 5.41. The maximum atomic E-state index is 6.05. The van der Waals surface area contributed by atoms with E-state index in [0.717, 1.165) is 37.4 Å². The van der Waals surface area contributed by atoms with Crippen molar-refractivity contribution >= 4 is 0 Å². The second-order valence-corrected chi connectivity index (χ2v) is 5.26. The SMILES string of the molecule is CCCCCCOc1cc(OC)ccc1CC(N)CC. The quantitative estimate of drug-likeness (QED) is 0.660. The number of nitrogens with two attached hydrogens (primary N) is 1. The maximum Gasteiger partial charge on any atom is 0.126 e. The summed E-state index contributed by atoms with van der Waals surface area (Å²) in [6, 6.07) is 6.19. The van der Waals surface area contributed by atoms with Crippen molar-refractivity contribution in [3.63, 3.8) is 0 Å². The molecule has 0 saturated carbocycles. The predicted octanol–water partition coefficient (Wildman–Crippen LogP) is 3.93. The third kappa shape index (κ3) is 5.83. The van der Waals surface area contributed by atoms with Gasteiger partial charge in [0.15, 0.2) is 0 Å². The highest BCUT2D eigenvalue weighted by Gasteiger charge is 2.09. The zero-order valence-electron chi connectivity index (χ0n) is 13.2. The Morgan fingerprint density at radius 2 is 1.95 bits per heavy atom. The maximum absolute atomic E-state index is 6.05. The summed E-state index contributed by atoms with van der Waals surface area (Å²) in [5, 5.41) is 0. The van der Waals surface area contributed by atoms with Crippen LogP contribution < -0.4 is 15.2 Å². The molecule has 2 N–H and O–H groups in total. The van der Waals surface area contributed by atoms with Gasteiger partial charge in [-0.2, -0.15) is 0 Å². The fourth-order valence-electron chi connectivity index (χ4n) is 2.10. The molecule has 0 radical (unpaired) electrons. The molecule has 20 heavy (non-hydrogen) atoms. The molecule has 0 saturated heterocycles. The van der Waals surface area contributed by atoms with Crippen LogP contribution >= 0.6 is 0 Å². The summed E-state index contributed by atoms with van der Waals surface area (Å²) in [7, 11) is 1.68. The molecule has 0 heterocycles. The minimum absolute atomic E-state index is 0.186. The highest BCUT2D eigenvalue weighted by atomic mass is 16.5. The van der Waals surface area contributed by atoms with Gasteiger partial charge in [-0.3, -0.25) is 0 Å². The molecule has 0 aliphatic heterocycles. The van der Waals surface area contributed by atoms with E-state index in [4.69, 9.17) is 15.2 Å². The Hall–Kier alpha value is -1.22. The summed E-state index contributed by atoms with van der Waals surface area (Å²) < 4.78 is 11.2. The number of benzene rings is 1. The summed E-state index contributed by atoms with van der Waals surface area (Å²) in [5.41, 5.74) is 7.23. The van der Waals surface area contributed by atoms with Crippen molar-refractivity contribution < 1.29 is 9.47 Å². The Kier molecular flexibility index (Phi) is 8.12. The van der Waals surface area contributed by atoms with Crippen molar-refractivity contribution in [2.45, 2.75) is 58.4 Å². The molecule has 1 rings (SSSR count). The van der Waals surface area contributed by atoms with E-state index in [1.165, 1.54) is 24.8 Å². The van der Waals surface area contributed by atoms with Gasteiger partial charge in [-0.1, -0.05) is 39.2 Å². The molecule has 0 fully saturated rings. The first kappa shape index (κ1) is 16.8. The summed E-state index contributed by atoms with van der Waals surface area (Å²) in [6.07, 6.45) is 6.67. The molecule has 1 aromatic carbocycles. The van der Waals surface area contributed by atoms with Gasteiger partial charge in [-0.05, 0) is 30.9 Å². The number of ether oxygens (including phenoxy) is 2. The van der Waals surface area contributed by atoms with Crippen molar-refractivity contribution in [3.05, 3.63) is 23.8 Å². The molecule has 3 heteroatoms. The van der Waals surface area contributed by atoms with Gasteiger partial charge in [0.1, 0.15) is 11.5 Å². The van der Waals surface area contributed by atoms with Crippen LogP contribution in [0.4, 0.5) is 0 Å². The molecular formula is C17H29NO2. The molecule has 1 atom stereocenters. The Bertz CT molecular complexity index is 379. The zero-order valence-corrected chi connectivity index (χ0v) is 13.2. The van der Waals surface area contributed by atoms with E-state index in [9.17, 15) is 0 Å². The predicted molar refractivity (Wildman–Crippen MR) is 84.6 cm³/mol. The second-order valence-electron chi connectivity index (χ2n) is 5.26. The Labute approximate surface area is 123 Å². The Balaban J connectivity index is 2.63. The van der Waals surface area contributed by atoms with Crippen LogP contribution in [-0.2, 0) is 6.42 Å². The normalized spacial score (nSPS) is 12.2. The van der Waals surface area contributed by atoms with Crippen LogP contribution in [0, 0.1) is 0 Å². The molecule has 1 unspecified atom stereocenters. The van der Waals surface area contributed by atoms with E-state index in [1.807, 2.05) is 12.1 Å². The van der Waals surface area contributed by atoms with E-state index in [1.54, 1.807) is 7.11 Å². The third-order valence-corrected chi connectivity index (χ3v) is 3.54. The van der Waals surface area contributed by atoms with Crippen LogP contribution in [0.2, 0.25) is 0 Å². The van der Waals surface area contributed by atoms with Crippen LogP contribution in [0.5, 0.6) is 11.5 Å². The molecule has 3 nitrogen and oxygen atoms in total. The smallest absolute Gasteiger partial charge is 0.126 e. The number of methoxy groups -OCH3 is 1. The standard InChI is InChI=1S/C17H29NO2/c1-4-6-7-8-11-20-17-13-16(19-3)10-9-14(17)12-15(18)5-2/h9-10,13,15H,4-8,11-12,18H2,1-3H3. The van der Waals surface area contributed by atoms with E-state index in [2.05, 4.69) is 19.9 Å². The van der Waals surface area contributed by atoms with Crippen molar-refractivity contribution in [1.29, 1.82) is 0 Å². The van der Waals surface area contributed by atoms with Gasteiger partial charge in [0, 0.05) is 12.1 Å². The minimum atomic E-state index is 0.186. The molecule has 0 aliphatic carbocycles. The number of rotatable bonds is 10. The number of hydrogen-bond donors (Lipinski definition) is 1. The summed E-state index contributed by atoms with van der Waals surface area (Å²) in [4.78, 5) is 0. The minimum Gasteiger partial charge on any atom is -0.497 e. The van der Waals surface area contributed by atoms with Gasteiger partial charge in [-0.25, -0.2) is 0 Å². The van der Waals surface area contributed by atoms with Crippen LogP contribution in [-0.4, -0.2) is 19.8 Å². The van der Waals surface area contributed by atoms with E-state index < -0.39 is 0 Å². The van der Waals surface area contributed by atoms with Gasteiger partial charge in [-0.15, -0.1) is 0 Å². The lowest BCUT2D eigenvalue weighted by Gasteiger charge is -2.15. The fourth-order valence-corrected chi connectivity index (χ4v) is 2.10. The average molecular weight is 279 g/mol. The largest absolute Gasteiger partial charge is 0.497 e. The molecule has 1 aromatic rings. The topological polar surface area (TPSA) is 44.5 Å². The van der Waals surface area contributed by atoms with Crippen molar-refractivity contribution in [1.82, 2.24) is 0 Å². The summed E-state index contributed by atoms with van der Waals surface area (Å²) >= 11 is 0. The van der Waals surface area contributed by atoms with Crippen molar-refractivity contribution in [2.75, 3.05) is 13.7 Å². The highest BCUT2D eigenvalue weighted by Crippen LogP contribution is 2.26. The molecule has 0 amide bonds. The average Bonchev–Trinajstić information content (AvgIpc) is 2.48. The van der Waals surface area contributed by atoms with Crippen molar-refractivity contribution in [3.8, 4) is 11.5 Å². The Morgan fingerprint density at radius 1 is 1.15 bits per heavy atom. The zero-order chi connectivity index (χ0) is 14.8. The number of hydrogen-bond acceptors (Lipinski definition) is 3. The third-order valence-electron chi connectivity index (χ3n) is 3.54. The first-order chi connectivity index (χ1) is 9.71. The number of unbranched alkanes of at least 4 members (excludes halogenated alkanes) is 3. The van der Waals surface area contributed by atoms with Gasteiger partial charge in [0.05, 0.1) is 13.7 Å². The van der Waals surface area contributed by atoms with Gasteiger partial charge in [0.25, 0.3) is 0 Å². The van der Waals surface area contributed by atoms with Crippen LogP contribution in [0.25, 0.3) is 0 Å². The van der Waals surface area contributed by atoms with Crippen LogP contribution in [0.15, 0.2) is 18.2 Å².